The van der Waals surface area contributed by atoms with Crippen molar-refractivity contribution >= 4 is 5.82 Å². The molecule has 1 saturated heterocycles. The molecule has 1 fully saturated rings. The molecule has 1 aliphatic rings. The first-order valence-corrected chi connectivity index (χ1v) is 6.26. The van der Waals surface area contributed by atoms with Crippen molar-refractivity contribution in [2.75, 3.05) is 25.1 Å². The van der Waals surface area contributed by atoms with Gasteiger partial charge in [-0.25, -0.2) is 9.97 Å². The summed E-state index contributed by atoms with van der Waals surface area (Å²) in [6.07, 6.45) is -3.73. The van der Waals surface area contributed by atoms with Crippen LogP contribution in [0.5, 0.6) is 5.88 Å². The summed E-state index contributed by atoms with van der Waals surface area (Å²) in [7, 11) is 1.46. The molecule has 0 aromatic carbocycles. The lowest BCUT2D eigenvalue weighted by atomic mass is 9.94. The number of ether oxygens (including phenoxy) is 1. The van der Waals surface area contributed by atoms with Crippen LogP contribution >= 0.6 is 0 Å². The number of anilines is 1. The maximum Gasteiger partial charge on any atom is 0.417 e. The average Bonchev–Trinajstić information content (AvgIpc) is 2.61. The molecule has 8 heteroatoms. The van der Waals surface area contributed by atoms with Crippen molar-refractivity contribution in [3.05, 3.63) is 12.4 Å². The average molecular weight is 291 g/mol. The zero-order valence-electron chi connectivity index (χ0n) is 11.0. The third kappa shape index (κ3) is 2.95. The number of rotatable bonds is 2. The van der Waals surface area contributed by atoms with Crippen LogP contribution in [0.15, 0.2) is 12.4 Å². The molecule has 1 atom stereocenters. The highest BCUT2D eigenvalue weighted by Gasteiger charge is 2.53. The van der Waals surface area contributed by atoms with E-state index in [0.29, 0.717) is 18.2 Å². The summed E-state index contributed by atoms with van der Waals surface area (Å²) in [4.78, 5) is 9.59. The Morgan fingerprint density at radius 2 is 2.05 bits per heavy atom. The van der Waals surface area contributed by atoms with E-state index in [-0.39, 0.29) is 25.8 Å². The van der Waals surface area contributed by atoms with Gasteiger partial charge in [-0.05, 0) is 12.8 Å². The molecule has 1 unspecified atom stereocenters. The van der Waals surface area contributed by atoms with Crippen molar-refractivity contribution in [3.8, 4) is 5.88 Å². The molecular weight excluding hydrogens is 275 g/mol. The SMILES string of the molecule is COc1cc(N2CCCC(O)(C(F)(F)F)CC2)ncn1. The van der Waals surface area contributed by atoms with E-state index in [1.165, 1.54) is 13.4 Å². The lowest BCUT2D eigenvalue weighted by molar-refractivity contribution is -0.263. The molecule has 2 rings (SSSR count). The van der Waals surface area contributed by atoms with E-state index < -0.39 is 11.8 Å². The minimum atomic E-state index is -4.60. The van der Waals surface area contributed by atoms with Crippen molar-refractivity contribution in [1.29, 1.82) is 0 Å². The summed E-state index contributed by atoms with van der Waals surface area (Å²) in [5.74, 6) is 0.855. The first-order valence-electron chi connectivity index (χ1n) is 6.26. The van der Waals surface area contributed by atoms with Gasteiger partial charge in [0.25, 0.3) is 0 Å². The fraction of sp³-hybridized carbons (Fsp3) is 0.667. The number of nitrogens with zero attached hydrogens (tertiary/aromatic N) is 3. The second-order valence-corrected chi connectivity index (χ2v) is 4.79. The molecule has 0 spiro atoms. The zero-order chi connectivity index (χ0) is 14.8. The van der Waals surface area contributed by atoms with Crippen LogP contribution in [0.3, 0.4) is 0 Å². The fourth-order valence-corrected chi connectivity index (χ4v) is 2.25. The summed E-state index contributed by atoms with van der Waals surface area (Å²) in [6, 6.07) is 1.57. The molecule has 1 aromatic rings. The predicted octanol–water partition coefficient (Wildman–Crippen LogP) is 1.77. The zero-order valence-corrected chi connectivity index (χ0v) is 11.0. The molecule has 1 aromatic heterocycles. The second-order valence-electron chi connectivity index (χ2n) is 4.79. The molecular formula is C12H16F3N3O2. The van der Waals surface area contributed by atoms with Crippen LogP contribution in [-0.2, 0) is 0 Å². The van der Waals surface area contributed by atoms with Crippen LogP contribution in [0, 0.1) is 0 Å². The van der Waals surface area contributed by atoms with Crippen LogP contribution < -0.4 is 9.64 Å². The van der Waals surface area contributed by atoms with E-state index in [9.17, 15) is 18.3 Å². The van der Waals surface area contributed by atoms with Crippen molar-refractivity contribution in [2.45, 2.75) is 31.0 Å². The number of hydrogen-bond acceptors (Lipinski definition) is 5. The summed E-state index contributed by atoms with van der Waals surface area (Å²) in [5, 5.41) is 9.74. The van der Waals surface area contributed by atoms with Gasteiger partial charge in [0.2, 0.25) is 5.88 Å². The van der Waals surface area contributed by atoms with Crippen LogP contribution in [0.25, 0.3) is 0 Å². The number of halogens is 3. The highest BCUT2D eigenvalue weighted by atomic mass is 19.4. The van der Waals surface area contributed by atoms with Gasteiger partial charge in [0, 0.05) is 25.6 Å². The molecule has 5 nitrogen and oxygen atoms in total. The highest BCUT2D eigenvalue weighted by molar-refractivity contribution is 5.41. The Bertz CT molecular complexity index is 470. The Balaban J connectivity index is 2.13. The molecule has 0 radical (unpaired) electrons. The van der Waals surface area contributed by atoms with E-state index in [4.69, 9.17) is 4.74 Å². The third-order valence-corrected chi connectivity index (χ3v) is 3.50. The smallest absolute Gasteiger partial charge is 0.417 e. The van der Waals surface area contributed by atoms with Crippen molar-refractivity contribution in [2.24, 2.45) is 0 Å². The monoisotopic (exact) mass is 291 g/mol. The van der Waals surface area contributed by atoms with Crippen LogP contribution in [-0.4, -0.2) is 47.1 Å². The summed E-state index contributed by atoms with van der Waals surface area (Å²) in [5.41, 5.74) is -2.61. The Labute approximate surface area is 114 Å². The Hall–Kier alpha value is -1.57. The molecule has 0 saturated carbocycles. The molecule has 20 heavy (non-hydrogen) atoms. The molecule has 0 amide bonds. The van der Waals surface area contributed by atoms with Crippen LogP contribution in [0.1, 0.15) is 19.3 Å². The minimum Gasteiger partial charge on any atom is -0.481 e. The number of aromatic nitrogens is 2. The maximum atomic E-state index is 12.8. The predicted molar refractivity (Wildman–Crippen MR) is 65.7 cm³/mol. The van der Waals surface area contributed by atoms with Gasteiger partial charge < -0.3 is 14.7 Å². The lowest BCUT2D eigenvalue weighted by Crippen LogP contribution is -2.45. The van der Waals surface area contributed by atoms with Crippen LogP contribution in [0.2, 0.25) is 0 Å². The standard InChI is InChI=1S/C12H16F3N3O2/c1-20-10-7-9(16-8-17-10)18-5-2-3-11(19,4-6-18)12(13,14)15/h7-8,19H,2-6H2,1H3. The Morgan fingerprint density at radius 1 is 1.30 bits per heavy atom. The number of methoxy groups -OCH3 is 1. The van der Waals surface area contributed by atoms with Crippen molar-refractivity contribution in [1.82, 2.24) is 9.97 Å². The summed E-state index contributed by atoms with van der Waals surface area (Å²) < 4.78 is 43.5. The number of hydrogen-bond donors (Lipinski definition) is 1. The quantitative estimate of drug-likeness (QED) is 0.900. The van der Waals surface area contributed by atoms with Gasteiger partial charge in [0.15, 0.2) is 5.60 Å². The van der Waals surface area contributed by atoms with E-state index in [0.717, 1.165) is 0 Å². The first kappa shape index (κ1) is 14.8. The van der Waals surface area contributed by atoms with E-state index in [2.05, 4.69) is 9.97 Å². The van der Waals surface area contributed by atoms with Gasteiger partial charge in [-0.2, -0.15) is 13.2 Å². The van der Waals surface area contributed by atoms with Gasteiger partial charge in [0.1, 0.15) is 12.1 Å². The summed E-state index contributed by atoms with van der Waals surface area (Å²) in [6.45, 7) is 0.481. The van der Waals surface area contributed by atoms with Crippen molar-refractivity contribution in [3.63, 3.8) is 0 Å². The lowest BCUT2D eigenvalue weighted by Gasteiger charge is -2.29. The number of alkyl halides is 3. The first-order chi connectivity index (χ1) is 9.36. The second kappa shape index (κ2) is 5.43. The normalized spacial score (nSPS) is 24.4. The van der Waals surface area contributed by atoms with E-state index in [1.54, 1.807) is 11.0 Å². The van der Waals surface area contributed by atoms with E-state index in [1.807, 2.05) is 0 Å². The Morgan fingerprint density at radius 3 is 2.70 bits per heavy atom. The fourth-order valence-electron chi connectivity index (χ4n) is 2.25. The third-order valence-electron chi connectivity index (χ3n) is 3.50. The molecule has 0 aliphatic carbocycles. The highest BCUT2D eigenvalue weighted by Crippen LogP contribution is 2.38. The summed E-state index contributed by atoms with van der Waals surface area (Å²) >= 11 is 0. The number of aliphatic hydroxyl groups is 1. The largest absolute Gasteiger partial charge is 0.481 e. The molecule has 112 valence electrons. The van der Waals surface area contributed by atoms with Gasteiger partial charge in [-0.1, -0.05) is 0 Å². The Kier molecular flexibility index (Phi) is 4.03. The molecule has 1 aliphatic heterocycles. The maximum absolute atomic E-state index is 12.8. The molecule has 1 N–H and O–H groups in total. The topological polar surface area (TPSA) is 58.5 Å². The van der Waals surface area contributed by atoms with Gasteiger partial charge in [0.05, 0.1) is 7.11 Å². The van der Waals surface area contributed by atoms with E-state index >= 15 is 0 Å². The van der Waals surface area contributed by atoms with Crippen LogP contribution in [0.4, 0.5) is 19.0 Å². The molecule has 2 heterocycles. The van der Waals surface area contributed by atoms with Gasteiger partial charge >= 0.3 is 6.18 Å². The molecule has 0 bridgehead atoms. The van der Waals surface area contributed by atoms with Crippen molar-refractivity contribution < 1.29 is 23.0 Å². The minimum absolute atomic E-state index is 0.0795. The van der Waals surface area contributed by atoms with Gasteiger partial charge in [-0.3, -0.25) is 0 Å². The van der Waals surface area contributed by atoms with Gasteiger partial charge in [-0.15, -0.1) is 0 Å².